The standard InChI is InChI=1S/C16H23N3O5S/c1-7-12-11(8(2)20)15(21)19(12)13(16(22)23)14(7)25-9-4-17-10(6-24-3)18-5-9/h7-9,11-12,20H,4-6H2,1-3H3,(H,17,18)(H,22,23)/t7-,8-,11-,12+/m1/s1. The van der Waals surface area contributed by atoms with E-state index in [2.05, 4.69) is 10.3 Å². The first-order valence-electron chi connectivity index (χ1n) is 8.28. The summed E-state index contributed by atoms with van der Waals surface area (Å²) in [5.41, 5.74) is 0.0658. The van der Waals surface area contributed by atoms with Gasteiger partial charge in [0, 0.05) is 29.7 Å². The van der Waals surface area contributed by atoms with Gasteiger partial charge in [-0.1, -0.05) is 6.92 Å². The van der Waals surface area contributed by atoms with E-state index in [1.54, 1.807) is 14.0 Å². The number of thioether (sulfide) groups is 1. The Kier molecular flexibility index (Phi) is 5.08. The lowest BCUT2D eigenvalue weighted by atomic mass is 9.79. The third-order valence-electron chi connectivity index (χ3n) is 4.91. The van der Waals surface area contributed by atoms with Crippen LogP contribution in [0.15, 0.2) is 15.6 Å². The van der Waals surface area contributed by atoms with E-state index < -0.39 is 18.0 Å². The maximum absolute atomic E-state index is 12.3. The number of amidine groups is 1. The van der Waals surface area contributed by atoms with Crippen LogP contribution in [0.5, 0.6) is 0 Å². The minimum Gasteiger partial charge on any atom is -0.477 e. The number of β-lactam (4-membered cyclic amide) rings is 1. The van der Waals surface area contributed by atoms with Crippen LogP contribution in [-0.2, 0) is 14.3 Å². The van der Waals surface area contributed by atoms with Crippen LogP contribution in [0.25, 0.3) is 0 Å². The van der Waals surface area contributed by atoms with E-state index in [-0.39, 0.29) is 28.8 Å². The number of methoxy groups -OCH3 is 1. The Bertz CT molecular complexity index is 648. The average Bonchev–Trinajstić information content (AvgIpc) is 2.79. The summed E-state index contributed by atoms with van der Waals surface area (Å²) in [6.45, 7) is 5.16. The van der Waals surface area contributed by atoms with Crippen molar-refractivity contribution in [1.29, 1.82) is 0 Å². The number of amides is 1. The molecule has 0 bridgehead atoms. The lowest BCUT2D eigenvalue weighted by Gasteiger charge is -2.46. The van der Waals surface area contributed by atoms with E-state index >= 15 is 0 Å². The van der Waals surface area contributed by atoms with Gasteiger partial charge >= 0.3 is 5.97 Å². The Morgan fingerprint density at radius 3 is 2.80 bits per heavy atom. The molecule has 0 aromatic carbocycles. The zero-order valence-corrected chi connectivity index (χ0v) is 15.2. The molecule has 1 fully saturated rings. The molecule has 9 heteroatoms. The van der Waals surface area contributed by atoms with Crippen molar-refractivity contribution in [3.05, 3.63) is 10.6 Å². The summed E-state index contributed by atoms with van der Waals surface area (Å²) >= 11 is 1.47. The normalized spacial score (nSPS) is 32.7. The summed E-state index contributed by atoms with van der Waals surface area (Å²) in [7, 11) is 1.61. The molecule has 0 aromatic rings. The lowest BCUT2D eigenvalue weighted by Crippen LogP contribution is -2.63. The Balaban J connectivity index is 1.78. The van der Waals surface area contributed by atoms with Gasteiger partial charge in [0.1, 0.15) is 18.1 Å². The lowest BCUT2D eigenvalue weighted by molar-refractivity contribution is -0.163. The summed E-state index contributed by atoms with van der Waals surface area (Å²) in [5, 5.41) is 22.8. The van der Waals surface area contributed by atoms with Crippen molar-refractivity contribution in [2.75, 3.05) is 26.8 Å². The van der Waals surface area contributed by atoms with Crippen LogP contribution in [0.2, 0.25) is 0 Å². The van der Waals surface area contributed by atoms with Crippen LogP contribution in [-0.4, -0.2) is 77.0 Å². The van der Waals surface area contributed by atoms with Crippen LogP contribution in [0, 0.1) is 11.8 Å². The molecule has 0 radical (unpaired) electrons. The number of aliphatic carboxylic acids is 1. The van der Waals surface area contributed by atoms with E-state index in [4.69, 9.17) is 4.74 Å². The number of carbonyl (C=O) groups is 2. The number of rotatable bonds is 6. The van der Waals surface area contributed by atoms with Crippen molar-refractivity contribution in [3.63, 3.8) is 0 Å². The second kappa shape index (κ2) is 6.97. The maximum atomic E-state index is 12.3. The largest absolute Gasteiger partial charge is 0.477 e. The van der Waals surface area contributed by atoms with Crippen LogP contribution in [0.1, 0.15) is 13.8 Å². The van der Waals surface area contributed by atoms with Crippen molar-refractivity contribution in [2.45, 2.75) is 31.2 Å². The third kappa shape index (κ3) is 3.04. The van der Waals surface area contributed by atoms with Crippen molar-refractivity contribution in [1.82, 2.24) is 10.2 Å². The van der Waals surface area contributed by atoms with Crippen molar-refractivity contribution in [2.24, 2.45) is 16.8 Å². The Morgan fingerprint density at radius 1 is 1.56 bits per heavy atom. The van der Waals surface area contributed by atoms with Crippen LogP contribution < -0.4 is 5.32 Å². The number of aliphatic hydroxyl groups excluding tert-OH is 1. The second-order valence-electron chi connectivity index (χ2n) is 6.61. The number of hydrogen-bond donors (Lipinski definition) is 3. The molecule has 3 aliphatic rings. The highest BCUT2D eigenvalue weighted by atomic mass is 32.2. The molecule has 3 rings (SSSR count). The SMILES string of the molecule is COCC1=NCC(SC2=C(C(=O)O)N3C(=O)[C@H]([C@@H](C)O)[C@@H]3[C@H]2C)CN1. The van der Waals surface area contributed by atoms with Gasteiger partial charge in [0.25, 0.3) is 0 Å². The van der Waals surface area contributed by atoms with Gasteiger partial charge in [0.2, 0.25) is 5.91 Å². The van der Waals surface area contributed by atoms with Gasteiger partial charge in [-0.3, -0.25) is 9.79 Å². The minimum atomic E-state index is -1.10. The highest BCUT2D eigenvalue weighted by Crippen LogP contribution is 2.51. The predicted molar refractivity (Wildman–Crippen MR) is 93.2 cm³/mol. The summed E-state index contributed by atoms with van der Waals surface area (Å²) < 4.78 is 5.04. The molecule has 3 N–H and O–H groups in total. The monoisotopic (exact) mass is 369 g/mol. The first kappa shape index (κ1) is 18.2. The van der Waals surface area contributed by atoms with E-state index in [0.717, 1.165) is 5.84 Å². The molecule has 3 aliphatic heterocycles. The molecule has 138 valence electrons. The smallest absolute Gasteiger partial charge is 0.353 e. The fourth-order valence-electron chi connectivity index (χ4n) is 3.73. The first-order chi connectivity index (χ1) is 11.9. The average molecular weight is 369 g/mol. The van der Waals surface area contributed by atoms with Crippen LogP contribution >= 0.6 is 11.8 Å². The zero-order valence-electron chi connectivity index (χ0n) is 14.4. The van der Waals surface area contributed by atoms with Crippen molar-refractivity contribution >= 4 is 29.5 Å². The Morgan fingerprint density at radius 2 is 2.28 bits per heavy atom. The quantitative estimate of drug-likeness (QED) is 0.560. The summed E-state index contributed by atoms with van der Waals surface area (Å²) in [5.74, 6) is -1.25. The number of aliphatic imine (C=N–C) groups is 1. The van der Waals surface area contributed by atoms with Gasteiger partial charge in [0.15, 0.2) is 0 Å². The van der Waals surface area contributed by atoms with Gasteiger partial charge < -0.3 is 25.2 Å². The van der Waals surface area contributed by atoms with E-state index in [1.165, 1.54) is 16.7 Å². The molecule has 0 aliphatic carbocycles. The Hall–Kier alpha value is -1.58. The number of carboxylic acids is 1. The molecular weight excluding hydrogens is 346 g/mol. The molecule has 3 heterocycles. The molecule has 0 saturated carbocycles. The molecule has 1 unspecified atom stereocenters. The Labute approximate surface area is 150 Å². The molecule has 5 atom stereocenters. The van der Waals surface area contributed by atoms with Gasteiger partial charge in [-0.2, -0.15) is 0 Å². The molecular formula is C16H23N3O5S. The number of fused-ring (bicyclic) bond motifs is 1. The molecule has 8 nitrogen and oxygen atoms in total. The van der Waals surface area contributed by atoms with Gasteiger partial charge in [0.05, 0.1) is 24.6 Å². The second-order valence-corrected chi connectivity index (χ2v) is 7.96. The summed E-state index contributed by atoms with van der Waals surface area (Å²) in [6.07, 6.45) is -0.784. The first-order valence-corrected chi connectivity index (χ1v) is 9.16. The minimum absolute atomic E-state index is 0.0658. The van der Waals surface area contributed by atoms with Crippen molar-refractivity contribution in [3.8, 4) is 0 Å². The van der Waals surface area contributed by atoms with E-state index in [9.17, 15) is 19.8 Å². The van der Waals surface area contributed by atoms with E-state index in [0.29, 0.717) is 24.6 Å². The van der Waals surface area contributed by atoms with Gasteiger partial charge in [-0.25, -0.2) is 4.79 Å². The number of hydrogen-bond acceptors (Lipinski definition) is 7. The third-order valence-corrected chi connectivity index (χ3v) is 6.37. The number of nitrogens with one attached hydrogen (secondary N) is 1. The zero-order chi connectivity index (χ0) is 18.3. The molecule has 0 spiro atoms. The summed E-state index contributed by atoms with van der Waals surface area (Å²) in [4.78, 5) is 30.5. The molecule has 0 aromatic heterocycles. The number of aliphatic hydroxyl groups is 1. The highest BCUT2D eigenvalue weighted by molar-refractivity contribution is 8.03. The van der Waals surface area contributed by atoms with Crippen LogP contribution in [0.4, 0.5) is 0 Å². The molecule has 1 amide bonds. The van der Waals surface area contributed by atoms with E-state index in [1.807, 2.05) is 6.92 Å². The summed E-state index contributed by atoms with van der Waals surface area (Å²) in [6, 6.07) is -0.273. The fraction of sp³-hybridized carbons (Fsp3) is 0.688. The number of carboxylic acid groups (broad SMARTS) is 1. The van der Waals surface area contributed by atoms with Crippen LogP contribution in [0.3, 0.4) is 0 Å². The number of ether oxygens (including phenoxy) is 1. The number of carbonyl (C=O) groups excluding carboxylic acids is 1. The maximum Gasteiger partial charge on any atom is 0.353 e. The highest BCUT2D eigenvalue weighted by Gasteiger charge is 2.60. The van der Waals surface area contributed by atoms with Gasteiger partial charge in [-0.15, -0.1) is 11.8 Å². The predicted octanol–water partition coefficient (Wildman–Crippen LogP) is -0.110. The van der Waals surface area contributed by atoms with Gasteiger partial charge in [-0.05, 0) is 6.92 Å². The van der Waals surface area contributed by atoms with Crippen molar-refractivity contribution < 1.29 is 24.5 Å². The number of nitrogens with zero attached hydrogens (tertiary/aromatic N) is 2. The fourth-order valence-corrected chi connectivity index (χ4v) is 5.06. The molecule has 1 saturated heterocycles. The topological polar surface area (TPSA) is 111 Å². The molecule has 25 heavy (non-hydrogen) atoms.